The molecule has 1 fully saturated rings. The van der Waals surface area contributed by atoms with E-state index in [4.69, 9.17) is 0 Å². The van der Waals surface area contributed by atoms with Gasteiger partial charge in [-0.2, -0.15) is 0 Å². The lowest BCUT2D eigenvalue weighted by Gasteiger charge is -2.30. The highest BCUT2D eigenvalue weighted by molar-refractivity contribution is 14.0. The Morgan fingerprint density at radius 1 is 1.24 bits per heavy atom. The first-order chi connectivity index (χ1) is 11.7. The summed E-state index contributed by atoms with van der Waals surface area (Å²) in [6.07, 6.45) is 10.5. The van der Waals surface area contributed by atoms with Crippen molar-refractivity contribution in [1.29, 1.82) is 0 Å². The zero-order chi connectivity index (χ0) is 17.2. The van der Waals surface area contributed by atoms with Crippen LogP contribution in [0.1, 0.15) is 64.0 Å². The van der Waals surface area contributed by atoms with Gasteiger partial charge in [0, 0.05) is 25.0 Å². The number of rotatable bonds is 7. The average Bonchev–Trinajstić information content (AvgIpc) is 2.62. The molecule has 3 N–H and O–H groups in total. The molecular weight excluding hydrogens is 427 g/mol. The molecule has 0 aromatic carbocycles. The summed E-state index contributed by atoms with van der Waals surface area (Å²) in [6.45, 7) is 5.51. The van der Waals surface area contributed by atoms with Crippen LogP contribution in [0.25, 0.3) is 0 Å². The molecule has 1 aliphatic carbocycles. The van der Waals surface area contributed by atoms with E-state index < -0.39 is 6.10 Å². The monoisotopic (exact) mass is 460 g/mol. The molecule has 0 spiro atoms. The molecule has 0 bridgehead atoms. The molecule has 2 rings (SSSR count). The second-order valence-corrected chi connectivity index (χ2v) is 6.67. The first kappa shape index (κ1) is 22.2. The fourth-order valence-corrected chi connectivity index (χ4v) is 3.39. The van der Waals surface area contributed by atoms with E-state index in [9.17, 15) is 5.11 Å². The third-order valence-electron chi connectivity index (χ3n) is 4.74. The third kappa shape index (κ3) is 7.90. The first-order valence-corrected chi connectivity index (χ1v) is 9.35. The van der Waals surface area contributed by atoms with Crippen molar-refractivity contribution in [3.8, 4) is 0 Å². The predicted molar refractivity (Wildman–Crippen MR) is 114 cm³/mol. The summed E-state index contributed by atoms with van der Waals surface area (Å²) < 4.78 is 0. The van der Waals surface area contributed by atoms with Gasteiger partial charge in [0.25, 0.3) is 0 Å². The number of hydrogen-bond acceptors (Lipinski definition) is 3. The minimum Gasteiger partial charge on any atom is -0.386 e. The van der Waals surface area contributed by atoms with Gasteiger partial charge < -0.3 is 15.7 Å². The number of aliphatic hydroxyl groups excluding tert-OH is 1. The quantitative estimate of drug-likeness (QED) is 0.330. The van der Waals surface area contributed by atoms with Crippen LogP contribution in [0.3, 0.4) is 0 Å². The van der Waals surface area contributed by atoms with Crippen LogP contribution >= 0.6 is 24.0 Å². The van der Waals surface area contributed by atoms with Crippen molar-refractivity contribution in [2.24, 2.45) is 10.9 Å². The molecule has 1 aromatic heterocycles. The summed E-state index contributed by atoms with van der Waals surface area (Å²) in [4.78, 5) is 8.54. The number of aliphatic hydroxyl groups is 1. The number of guanidine groups is 1. The molecule has 142 valence electrons. The van der Waals surface area contributed by atoms with Gasteiger partial charge >= 0.3 is 0 Å². The van der Waals surface area contributed by atoms with Crippen molar-refractivity contribution in [3.63, 3.8) is 0 Å². The van der Waals surface area contributed by atoms with Crippen LogP contribution in [0.4, 0.5) is 0 Å². The van der Waals surface area contributed by atoms with Gasteiger partial charge in [0.2, 0.25) is 0 Å². The summed E-state index contributed by atoms with van der Waals surface area (Å²) in [7, 11) is 0. The van der Waals surface area contributed by atoms with E-state index in [0.717, 1.165) is 24.0 Å². The van der Waals surface area contributed by atoms with Crippen LogP contribution in [0, 0.1) is 5.92 Å². The van der Waals surface area contributed by atoms with Crippen molar-refractivity contribution in [2.75, 3.05) is 13.1 Å². The number of pyridine rings is 1. The largest absolute Gasteiger partial charge is 0.386 e. The minimum absolute atomic E-state index is 0. The molecule has 6 heteroatoms. The summed E-state index contributed by atoms with van der Waals surface area (Å²) in [5.41, 5.74) is 0.852. The maximum absolute atomic E-state index is 10.2. The smallest absolute Gasteiger partial charge is 0.191 e. The molecule has 0 radical (unpaired) electrons. The highest BCUT2D eigenvalue weighted by Gasteiger charge is 2.21. The molecule has 0 saturated heterocycles. The second kappa shape index (κ2) is 12.5. The Morgan fingerprint density at radius 2 is 1.92 bits per heavy atom. The fourth-order valence-electron chi connectivity index (χ4n) is 3.39. The number of nitrogens with zero attached hydrogens (tertiary/aromatic N) is 2. The van der Waals surface area contributed by atoms with Gasteiger partial charge in [0.1, 0.15) is 0 Å². The van der Waals surface area contributed by atoms with E-state index in [1.807, 2.05) is 12.1 Å². The van der Waals surface area contributed by atoms with E-state index in [2.05, 4.69) is 34.5 Å². The molecule has 25 heavy (non-hydrogen) atoms. The highest BCUT2D eigenvalue weighted by atomic mass is 127. The van der Waals surface area contributed by atoms with Crippen molar-refractivity contribution in [3.05, 3.63) is 30.1 Å². The number of hydrogen-bond donors (Lipinski definition) is 3. The van der Waals surface area contributed by atoms with Gasteiger partial charge in [-0.05, 0) is 56.2 Å². The highest BCUT2D eigenvalue weighted by Crippen LogP contribution is 2.27. The molecule has 1 atom stereocenters. The van der Waals surface area contributed by atoms with Gasteiger partial charge in [-0.15, -0.1) is 24.0 Å². The number of nitrogens with one attached hydrogen (secondary N) is 2. The van der Waals surface area contributed by atoms with Crippen LogP contribution in [-0.4, -0.2) is 35.2 Å². The van der Waals surface area contributed by atoms with Gasteiger partial charge in [0.05, 0.1) is 12.6 Å². The van der Waals surface area contributed by atoms with Crippen LogP contribution in [0.2, 0.25) is 0 Å². The molecule has 1 aromatic rings. The molecule has 1 heterocycles. The Hall–Kier alpha value is -0.890. The van der Waals surface area contributed by atoms with E-state index in [0.29, 0.717) is 12.6 Å². The molecule has 1 saturated carbocycles. The Kier molecular flexibility index (Phi) is 11.0. The zero-order valence-electron chi connectivity index (χ0n) is 15.4. The van der Waals surface area contributed by atoms with Gasteiger partial charge in [0.15, 0.2) is 5.96 Å². The van der Waals surface area contributed by atoms with Crippen LogP contribution in [0.15, 0.2) is 29.5 Å². The van der Waals surface area contributed by atoms with Crippen molar-refractivity contribution in [2.45, 2.75) is 64.5 Å². The first-order valence-electron chi connectivity index (χ1n) is 9.35. The SMILES string of the molecule is CCCC1CCC(NC(=NCC(O)c2ccncc2)NCC)CC1.I. The molecule has 0 aliphatic heterocycles. The van der Waals surface area contributed by atoms with Gasteiger partial charge in [-0.25, -0.2) is 0 Å². The zero-order valence-corrected chi connectivity index (χ0v) is 17.8. The molecule has 1 unspecified atom stereocenters. The number of halogens is 1. The molecule has 1 aliphatic rings. The van der Waals surface area contributed by atoms with Crippen LogP contribution < -0.4 is 10.6 Å². The Bertz CT molecular complexity index is 489. The van der Waals surface area contributed by atoms with E-state index >= 15 is 0 Å². The Labute approximate surface area is 169 Å². The van der Waals surface area contributed by atoms with E-state index in [1.54, 1.807) is 12.4 Å². The number of aliphatic imine (C=N–C) groups is 1. The third-order valence-corrected chi connectivity index (χ3v) is 4.74. The summed E-state index contributed by atoms with van der Waals surface area (Å²) in [5, 5.41) is 17.1. The predicted octanol–water partition coefficient (Wildman–Crippen LogP) is 3.65. The lowest BCUT2D eigenvalue weighted by atomic mass is 9.83. The molecule has 5 nitrogen and oxygen atoms in total. The van der Waals surface area contributed by atoms with E-state index in [1.165, 1.54) is 38.5 Å². The maximum Gasteiger partial charge on any atom is 0.191 e. The molecule has 0 amide bonds. The number of aromatic nitrogens is 1. The summed E-state index contributed by atoms with van der Waals surface area (Å²) in [5.74, 6) is 1.71. The van der Waals surface area contributed by atoms with Gasteiger partial charge in [-0.3, -0.25) is 9.98 Å². The lowest BCUT2D eigenvalue weighted by Crippen LogP contribution is -2.45. The van der Waals surface area contributed by atoms with E-state index in [-0.39, 0.29) is 24.0 Å². The van der Waals surface area contributed by atoms with Crippen molar-refractivity contribution < 1.29 is 5.11 Å². The summed E-state index contributed by atoms with van der Waals surface area (Å²) in [6, 6.07) is 4.15. The van der Waals surface area contributed by atoms with Crippen molar-refractivity contribution in [1.82, 2.24) is 15.6 Å². The Balaban J connectivity index is 0.00000312. The van der Waals surface area contributed by atoms with Crippen LogP contribution in [-0.2, 0) is 0 Å². The normalized spacial score (nSPS) is 22.0. The topological polar surface area (TPSA) is 69.5 Å². The maximum atomic E-state index is 10.2. The molecular formula is C19H33IN4O. The average molecular weight is 460 g/mol. The minimum atomic E-state index is -0.594. The Morgan fingerprint density at radius 3 is 2.52 bits per heavy atom. The lowest BCUT2D eigenvalue weighted by molar-refractivity contribution is 0.187. The second-order valence-electron chi connectivity index (χ2n) is 6.67. The van der Waals surface area contributed by atoms with Gasteiger partial charge in [-0.1, -0.05) is 19.8 Å². The fraction of sp³-hybridized carbons (Fsp3) is 0.684. The van der Waals surface area contributed by atoms with Crippen LogP contribution in [0.5, 0.6) is 0 Å². The standard InChI is InChI=1S/C19H32N4O.HI/c1-3-5-15-6-8-17(9-7-15)23-19(21-4-2)22-14-18(24)16-10-12-20-13-11-16;/h10-13,15,17-18,24H,3-9,14H2,1-2H3,(H2,21,22,23);1H. The summed E-state index contributed by atoms with van der Waals surface area (Å²) >= 11 is 0. The van der Waals surface area contributed by atoms with Crippen molar-refractivity contribution >= 4 is 29.9 Å².